The lowest BCUT2D eigenvalue weighted by Crippen LogP contribution is -2.47. The van der Waals surface area contributed by atoms with Gasteiger partial charge in [0.1, 0.15) is 19.3 Å². The number of allylic oxidation sites excluding steroid dienone is 23. The summed E-state index contributed by atoms with van der Waals surface area (Å²) in [6.45, 7) is 6.77. The van der Waals surface area contributed by atoms with Gasteiger partial charge in [0, 0.05) is 12.8 Å². The molecule has 0 fully saturated rings. The minimum atomic E-state index is -4.47. The Hall–Kier alpha value is -4.11. The Labute approximate surface area is 548 Å². The smallest absolute Gasteiger partial charge is 0.456 e. The number of unbranched alkanes of at least 4 members (excludes halogenated alkanes) is 26. The number of hydrogen-bond donors (Lipinski definition) is 2. The van der Waals surface area contributed by atoms with Crippen molar-refractivity contribution in [2.75, 3.05) is 40.9 Å². The van der Waals surface area contributed by atoms with Crippen molar-refractivity contribution in [3.63, 3.8) is 0 Å². The molecule has 0 aromatic carbocycles. The highest BCUT2D eigenvalue weighted by Crippen LogP contribution is 2.43. The maximum Gasteiger partial charge on any atom is 0.472 e. The SMILES string of the molecule is CC/C=C\C/C=C\C/C=C\C/C=C\C/C=C\C/C=C\CCCCCCCCC(=O)NC(COP(=O)(O)OCC[N+](C)(C)C)C(/C=C/CCCCCCCCCCCCC)OC(=O)CCCCCCCCCCC/C=C\C/C=C\C/C=C\C/C=C\C/C=C\CC. The van der Waals surface area contributed by atoms with Gasteiger partial charge in [0.25, 0.3) is 0 Å². The van der Waals surface area contributed by atoms with Gasteiger partial charge in [0.2, 0.25) is 5.91 Å². The zero-order chi connectivity index (χ0) is 64.9. The first kappa shape index (κ1) is 84.9. The normalized spacial score (nSPS) is 14.4. The molecule has 0 aliphatic carbocycles. The van der Waals surface area contributed by atoms with Crippen molar-refractivity contribution in [1.82, 2.24) is 5.32 Å². The van der Waals surface area contributed by atoms with Crippen LogP contribution >= 0.6 is 7.82 Å². The number of ether oxygens (including phenoxy) is 1. The molecule has 0 radical (unpaired) electrons. The third-order valence-electron chi connectivity index (χ3n) is 15.3. The summed E-state index contributed by atoms with van der Waals surface area (Å²) in [5.74, 6) is -0.534. The number of carbonyl (C=O) groups is 2. The molecular weight excluding hydrogens is 1120 g/mol. The van der Waals surface area contributed by atoms with Gasteiger partial charge in [-0.05, 0) is 128 Å². The predicted molar refractivity (Wildman–Crippen MR) is 387 cm³/mol. The standard InChI is InChI=1S/C79H135N2O7P/c1-7-10-13-16-19-22-25-28-30-32-34-36-38-40-42-44-46-48-50-53-56-59-62-65-68-71-78(82)80-76(75-87-89(84,85)86-74-73-81(4,5)6)77(70-67-64-61-58-55-52-27-24-21-18-15-12-9-3)88-79(83)72-69-66-63-60-57-54-51-49-47-45-43-41-39-37-35-33-31-29-26-23-20-17-14-11-8-2/h10-11,13-14,19-20,22-23,28-31,34-37,40-43,46,48,67,70,76-77H,7-9,12,15-18,21,24-27,32-33,38-39,44-45,47,49-66,68-69,71-75H2,1-6H3,(H-,80,82,84,85)/p+1/b13-10-,14-11-,22-19-,23-20-,30-28-,31-29-,36-34-,37-35-,42-40-,43-41-,48-46-,70-67+. The van der Waals surface area contributed by atoms with Crippen molar-refractivity contribution in [1.29, 1.82) is 0 Å². The quantitative estimate of drug-likeness (QED) is 0.0205. The highest BCUT2D eigenvalue weighted by Gasteiger charge is 2.30. The predicted octanol–water partition coefficient (Wildman–Crippen LogP) is 23.3. The molecule has 0 aliphatic rings. The fourth-order valence-electron chi connectivity index (χ4n) is 9.79. The Kier molecular flexibility index (Phi) is 63.7. The molecule has 9 nitrogen and oxygen atoms in total. The van der Waals surface area contributed by atoms with E-state index in [1.54, 1.807) is 0 Å². The first-order valence-corrected chi connectivity index (χ1v) is 37.7. The molecule has 1 amide bonds. The summed E-state index contributed by atoms with van der Waals surface area (Å²) in [6.07, 6.45) is 97.1. The van der Waals surface area contributed by atoms with Crippen LogP contribution in [-0.4, -0.2) is 74.3 Å². The second-order valence-corrected chi connectivity index (χ2v) is 26.4. The minimum absolute atomic E-state index is 0.0283. The molecule has 89 heavy (non-hydrogen) atoms. The molecule has 0 saturated heterocycles. The molecule has 10 heteroatoms. The molecule has 2 N–H and O–H groups in total. The molecule has 0 saturated carbocycles. The van der Waals surface area contributed by atoms with E-state index in [1.807, 2.05) is 33.3 Å². The third-order valence-corrected chi connectivity index (χ3v) is 16.3. The van der Waals surface area contributed by atoms with E-state index in [4.69, 9.17) is 13.8 Å². The molecule has 0 heterocycles. The molecule has 0 aromatic rings. The molecule has 508 valence electrons. The van der Waals surface area contributed by atoms with Crippen LogP contribution < -0.4 is 5.32 Å². The van der Waals surface area contributed by atoms with E-state index in [-0.39, 0.29) is 31.5 Å². The number of carbonyl (C=O) groups excluding carboxylic acids is 2. The average Bonchev–Trinajstić information content (AvgIpc) is 3.67. The van der Waals surface area contributed by atoms with Crippen LogP contribution in [0.5, 0.6) is 0 Å². The highest BCUT2D eigenvalue weighted by atomic mass is 31.2. The second-order valence-electron chi connectivity index (χ2n) is 25.0. The van der Waals surface area contributed by atoms with Gasteiger partial charge in [-0.2, -0.15) is 0 Å². The molecule has 0 spiro atoms. The van der Waals surface area contributed by atoms with Crippen molar-refractivity contribution >= 4 is 19.7 Å². The molecule has 0 aromatic heterocycles. The zero-order valence-electron chi connectivity index (χ0n) is 58.1. The van der Waals surface area contributed by atoms with E-state index < -0.39 is 20.0 Å². The largest absolute Gasteiger partial charge is 0.472 e. The number of likely N-dealkylation sites (N-methyl/N-ethyl adjacent to an activating group) is 1. The number of nitrogens with zero attached hydrogens (tertiary/aromatic N) is 1. The maximum absolute atomic E-state index is 13.6. The topological polar surface area (TPSA) is 111 Å². The molecule has 3 atom stereocenters. The van der Waals surface area contributed by atoms with Crippen molar-refractivity contribution in [2.24, 2.45) is 0 Å². The zero-order valence-corrected chi connectivity index (χ0v) is 59.0. The number of amides is 1. The average molecular weight is 1260 g/mol. The van der Waals surface area contributed by atoms with Gasteiger partial charge in [-0.3, -0.25) is 18.6 Å². The van der Waals surface area contributed by atoms with Crippen LogP contribution in [0.4, 0.5) is 0 Å². The summed E-state index contributed by atoms with van der Waals surface area (Å²) in [5, 5.41) is 3.06. The highest BCUT2D eigenvalue weighted by molar-refractivity contribution is 7.47. The van der Waals surface area contributed by atoms with Gasteiger partial charge in [-0.25, -0.2) is 4.57 Å². The van der Waals surface area contributed by atoms with Crippen LogP contribution in [0.25, 0.3) is 0 Å². The molecule has 3 unspecified atom stereocenters. The Morgan fingerprint density at radius 2 is 0.719 bits per heavy atom. The van der Waals surface area contributed by atoms with Gasteiger partial charge >= 0.3 is 13.8 Å². The number of rotatable bonds is 64. The fourth-order valence-corrected chi connectivity index (χ4v) is 10.5. The van der Waals surface area contributed by atoms with Gasteiger partial charge in [0.05, 0.1) is 33.8 Å². The maximum atomic E-state index is 13.6. The van der Waals surface area contributed by atoms with E-state index in [0.29, 0.717) is 17.4 Å². The Morgan fingerprint density at radius 1 is 0.404 bits per heavy atom. The van der Waals surface area contributed by atoms with Gasteiger partial charge in [-0.15, -0.1) is 0 Å². The van der Waals surface area contributed by atoms with E-state index in [0.717, 1.165) is 167 Å². The number of hydrogen-bond acceptors (Lipinski definition) is 6. The number of phosphoric acid groups is 1. The molecule has 0 rings (SSSR count). The Morgan fingerprint density at radius 3 is 1.08 bits per heavy atom. The monoisotopic (exact) mass is 1260 g/mol. The summed E-state index contributed by atoms with van der Waals surface area (Å²) < 4.78 is 30.9. The van der Waals surface area contributed by atoms with E-state index in [1.165, 1.54) is 89.9 Å². The Balaban J connectivity index is 5.17. The lowest BCUT2D eigenvalue weighted by atomic mass is 10.0. The van der Waals surface area contributed by atoms with E-state index in [9.17, 15) is 19.0 Å². The second kappa shape index (κ2) is 66.8. The van der Waals surface area contributed by atoms with Gasteiger partial charge < -0.3 is 19.4 Å². The van der Waals surface area contributed by atoms with E-state index >= 15 is 0 Å². The van der Waals surface area contributed by atoms with Gasteiger partial charge in [0.15, 0.2) is 0 Å². The van der Waals surface area contributed by atoms with Crippen LogP contribution in [0, 0.1) is 0 Å². The Bertz CT molecular complexity index is 2030. The lowest BCUT2D eigenvalue weighted by molar-refractivity contribution is -0.870. The van der Waals surface area contributed by atoms with Crippen LogP contribution in [0.2, 0.25) is 0 Å². The van der Waals surface area contributed by atoms with Crippen molar-refractivity contribution < 1.29 is 37.3 Å². The van der Waals surface area contributed by atoms with E-state index in [2.05, 4.69) is 160 Å². The number of phosphoric ester groups is 1. The van der Waals surface area contributed by atoms with Crippen LogP contribution in [0.15, 0.2) is 146 Å². The van der Waals surface area contributed by atoms with Crippen molar-refractivity contribution in [3.05, 3.63) is 146 Å². The minimum Gasteiger partial charge on any atom is -0.456 e. The van der Waals surface area contributed by atoms with Crippen LogP contribution in [-0.2, 0) is 27.9 Å². The van der Waals surface area contributed by atoms with Crippen molar-refractivity contribution in [3.8, 4) is 0 Å². The lowest BCUT2D eigenvalue weighted by Gasteiger charge is -2.27. The van der Waals surface area contributed by atoms with Gasteiger partial charge in [-0.1, -0.05) is 295 Å². The molecular formula is C79H136N2O7P+. The first-order chi connectivity index (χ1) is 43.4. The number of quaternary nitrogens is 1. The summed E-state index contributed by atoms with van der Waals surface area (Å²) in [7, 11) is 1.46. The van der Waals surface area contributed by atoms with Crippen molar-refractivity contribution in [2.45, 2.75) is 303 Å². The number of nitrogens with one attached hydrogen (secondary N) is 1. The summed E-state index contributed by atoms with van der Waals surface area (Å²) in [4.78, 5) is 38.0. The summed E-state index contributed by atoms with van der Waals surface area (Å²) in [5.41, 5.74) is 0. The van der Waals surface area contributed by atoms with Crippen LogP contribution in [0.3, 0.4) is 0 Å². The fraction of sp³-hybridized carbons (Fsp3) is 0.671. The molecule has 0 aliphatic heterocycles. The van der Waals surface area contributed by atoms with Crippen LogP contribution in [0.1, 0.15) is 290 Å². The summed E-state index contributed by atoms with van der Waals surface area (Å²) in [6, 6.07) is -0.872. The third kappa shape index (κ3) is 68.1. The first-order valence-electron chi connectivity index (χ1n) is 36.2. The molecule has 0 bridgehead atoms. The summed E-state index contributed by atoms with van der Waals surface area (Å²) >= 11 is 0. The number of esters is 1.